The predicted molar refractivity (Wildman–Crippen MR) is 88.8 cm³/mol. The van der Waals surface area contributed by atoms with Crippen molar-refractivity contribution in [1.82, 2.24) is 0 Å². The van der Waals surface area contributed by atoms with Gasteiger partial charge in [0.05, 0.1) is 17.8 Å². The van der Waals surface area contributed by atoms with Crippen LogP contribution in [0.1, 0.15) is 46.6 Å². The molecule has 126 valence electrons. The first-order chi connectivity index (χ1) is 10.6. The van der Waals surface area contributed by atoms with Gasteiger partial charge in [0.1, 0.15) is 5.75 Å². The van der Waals surface area contributed by atoms with Crippen molar-refractivity contribution in [2.75, 3.05) is 6.61 Å². The van der Waals surface area contributed by atoms with E-state index in [0.29, 0.717) is 13.0 Å². The topological polar surface area (TPSA) is 65.0 Å². The van der Waals surface area contributed by atoms with E-state index in [-0.39, 0.29) is 18.1 Å². The van der Waals surface area contributed by atoms with Crippen LogP contribution in [0, 0.1) is 0 Å². The quantitative estimate of drug-likeness (QED) is 0.665. The van der Waals surface area contributed by atoms with Gasteiger partial charge >= 0.3 is 13.1 Å². The number of phenols is 1. The number of carbonyl (C=O) groups excluding carboxylic acids is 1. The molecule has 1 aromatic rings. The number of phenolic OH excluding ortho intramolecular Hbond substituents is 1. The molecule has 1 aliphatic rings. The maximum absolute atomic E-state index is 11.5. The number of esters is 1. The van der Waals surface area contributed by atoms with Crippen LogP contribution >= 0.6 is 0 Å². The molecule has 1 aromatic carbocycles. The molecule has 0 saturated carbocycles. The number of ether oxygens (including phenoxy) is 1. The Morgan fingerprint density at radius 1 is 1.17 bits per heavy atom. The number of hydrogen-bond acceptors (Lipinski definition) is 5. The number of rotatable bonds is 5. The van der Waals surface area contributed by atoms with Crippen molar-refractivity contribution in [3.63, 3.8) is 0 Å². The van der Waals surface area contributed by atoms with Crippen molar-refractivity contribution in [3.8, 4) is 5.75 Å². The first kappa shape index (κ1) is 17.8. The van der Waals surface area contributed by atoms with Gasteiger partial charge in [-0.05, 0) is 64.2 Å². The molecule has 1 heterocycles. The lowest BCUT2D eigenvalue weighted by Crippen LogP contribution is -2.41. The van der Waals surface area contributed by atoms with Gasteiger partial charge in [-0.3, -0.25) is 4.79 Å². The van der Waals surface area contributed by atoms with Crippen molar-refractivity contribution < 1.29 is 23.9 Å². The molecule has 0 spiro atoms. The molecule has 0 bridgehead atoms. The molecule has 0 aromatic heterocycles. The zero-order chi connectivity index (χ0) is 17.3. The second-order valence-electron chi connectivity index (χ2n) is 6.83. The van der Waals surface area contributed by atoms with Crippen LogP contribution in [0.15, 0.2) is 18.2 Å². The van der Waals surface area contributed by atoms with Crippen LogP contribution in [0.5, 0.6) is 5.75 Å². The van der Waals surface area contributed by atoms with Crippen LogP contribution in [-0.4, -0.2) is 36.0 Å². The van der Waals surface area contributed by atoms with Crippen molar-refractivity contribution in [1.29, 1.82) is 0 Å². The Hall–Kier alpha value is -1.53. The summed E-state index contributed by atoms with van der Waals surface area (Å²) in [5.41, 5.74) is 0.730. The molecular weight excluding hydrogens is 295 g/mol. The molecule has 1 saturated heterocycles. The highest BCUT2D eigenvalue weighted by atomic mass is 16.7. The maximum Gasteiger partial charge on any atom is 0.494 e. The third kappa shape index (κ3) is 4.06. The minimum absolute atomic E-state index is 0.135. The van der Waals surface area contributed by atoms with Gasteiger partial charge < -0.3 is 19.2 Å². The maximum atomic E-state index is 11.5. The van der Waals surface area contributed by atoms with E-state index < -0.39 is 18.3 Å². The van der Waals surface area contributed by atoms with Crippen molar-refractivity contribution in [2.45, 2.75) is 58.7 Å². The SMILES string of the molecule is CCOC(=O)CCc1cc(O)cc(B2OC(C)(C)C(C)(C)O2)c1. The molecule has 6 heteroatoms. The van der Waals surface area contributed by atoms with Crippen molar-refractivity contribution in [3.05, 3.63) is 23.8 Å². The lowest BCUT2D eigenvalue weighted by Gasteiger charge is -2.32. The number of carbonyl (C=O) groups is 1. The molecule has 0 unspecified atom stereocenters. The first-order valence-corrected chi connectivity index (χ1v) is 7.99. The number of benzene rings is 1. The van der Waals surface area contributed by atoms with Crippen molar-refractivity contribution in [2.24, 2.45) is 0 Å². The molecule has 2 rings (SSSR count). The molecule has 23 heavy (non-hydrogen) atoms. The van der Waals surface area contributed by atoms with Crippen LogP contribution in [0.4, 0.5) is 0 Å². The fourth-order valence-corrected chi connectivity index (χ4v) is 2.44. The number of aryl methyl sites for hydroxylation is 1. The van der Waals surface area contributed by atoms with E-state index in [1.165, 1.54) is 0 Å². The van der Waals surface area contributed by atoms with Crippen molar-refractivity contribution >= 4 is 18.6 Å². The van der Waals surface area contributed by atoms with Gasteiger partial charge in [-0.1, -0.05) is 6.07 Å². The summed E-state index contributed by atoms with van der Waals surface area (Å²) < 4.78 is 16.9. The van der Waals surface area contributed by atoms with Gasteiger partial charge in [0.15, 0.2) is 0 Å². The minimum Gasteiger partial charge on any atom is -0.508 e. The average Bonchev–Trinajstić information content (AvgIpc) is 2.65. The third-order valence-electron chi connectivity index (χ3n) is 4.45. The van der Waals surface area contributed by atoms with Crippen LogP contribution in [0.3, 0.4) is 0 Å². The molecule has 0 amide bonds. The number of hydrogen-bond donors (Lipinski definition) is 1. The van der Waals surface area contributed by atoms with E-state index in [2.05, 4.69) is 0 Å². The smallest absolute Gasteiger partial charge is 0.494 e. The van der Waals surface area contributed by atoms with E-state index in [0.717, 1.165) is 11.0 Å². The predicted octanol–water partition coefficient (Wildman–Crippen LogP) is 2.19. The van der Waals surface area contributed by atoms with Gasteiger partial charge in [0, 0.05) is 6.42 Å². The molecule has 1 aliphatic heterocycles. The van der Waals surface area contributed by atoms with E-state index in [1.807, 2.05) is 33.8 Å². The van der Waals surface area contributed by atoms with Crippen LogP contribution < -0.4 is 5.46 Å². The van der Waals surface area contributed by atoms with E-state index in [4.69, 9.17) is 14.0 Å². The molecule has 5 nitrogen and oxygen atoms in total. The zero-order valence-corrected chi connectivity index (χ0v) is 14.5. The Bertz CT molecular complexity index is 566. The van der Waals surface area contributed by atoms with Crippen LogP contribution in [-0.2, 0) is 25.3 Å². The van der Waals surface area contributed by atoms with Gasteiger partial charge in [-0.15, -0.1) is 0 Å². The van der Waals surface area contributed by atoms with E-state index >= 15 is 0 Å². The lowest BCUT2D eigenvalue weighted by atomic mass is 9.78. The molecule has 0 aliphatic carbocycles. The van der Waals surface area contributed by atoms with Gasteiger partial charge in [0.25, 0.3) is 0 Å². The summed E-state index contributed by atoms with van der Waals surface area (Å²) in [6.07, 6.45) is 0.778. The largest absolute Gasteiger partial charge is 0.508 e. The van der Waals surface area contributed by atoms with E-state index in [1.54, 1.807) is 19.1 Å². The molecular formula is C17H25BO5. The Labute approximate surface area is 138 Å². The highest BCUT2D eigenvalue weighted by Crippen LogP contribution is 2.36. The fourth-order valence-electron chi connectivity index (χ4n) is 2.44. The molecule has 1 fully saturated rings. The average molecular weight is 320 g/mol. The summed E-state index contributed by atoms with van der Waals surface area (Å²) in [5.74, 6) is -0.107. The Balaban J connectivity index is 2.14. The van der Waals surface area contributed by atoms with Gasteiger partial charge in [0.2, 0.25) is 0 Å². The number of aromatic hydroxyl groups is 1. The summed E-state index contributed by atoms with van der Waals surface area (Å²) in [5, 5.41) is 9.96. The normalized spacial score (nSPS) is 18.9. The first-order valence-electron chi connectivity index (χ1n) is 7.99. The fraction of sp³-hybridized carbons (Fsp3) is 0.588. The Morgan fingerprint density at radius 2 is 1.78 bits per heavy atom. The zero-order valence-electron chi connectivity index (χ0n) is 14.5. The van der Waals surface area contributed by atoms with Gasteiger partial charge in [-0.25, -0.2) is 0 Å². The standard InChI is InChI=1S/C17H25BO5/c1-6-21-15(20)8-7-12-9-13(11-14(19)10-12)18-22-16(2,3)17(4,5)23-18/h9-11,19H,6-8H2,1-5H3. The van der Waals surface area contributed by atoms with Gasteiger partial charge in [-0.2, -0.15) is 0 Å². The molecule has 1 N–H and O–H groups in total. The lowest BCUT2D eigenvalue weighted by molar-refractivity contribution is -0.143. The van der Waals surface area contributed by atoms with Crippen LogP contribution in [0.25, 0.3) is 0 Å². The minimum atomic E-state index is -0.534. The summed E-state index contributed by atoms with van der Waals surface area (Å²) >= 11 is 0. The van der Waals surface area contributed by atoms with Crippen LogP contribution in [0.2, 0.25) is 0 Å². The summed E-state index contributed by atoms with van der Waals surface area (Å²) in [7, 11) is -0.534. The Morgan fingerprint density at radius 3 is 2.35 bits per heavy atom. The second kappa shape index (κ2) is 6.53. The summed E-state index contributed by atoms with van der Waals surface area (Å²) in [6, 6.07) is 5.19. The second-order valence-corrected chi connectivity index (χ2v) is 6.83. The summed E-state index contributed by atoms with van der Waals surface area (Å²) in [4.78, 5) is 11.5. The monoisotopic (exact) mass is 320 g/mol. The third-order valence-corrected chi connectivity index (χ3v) is 4.45. The van der Waals surface area contributed by atoms with E-state index in [9.17, 15) is 9.90 Å². The highest BCUT2D eigenvalue weighted by molar-refractivity contribution is 6.62. The summed E-state index contributed by atoms with van der Waals surface area (Å²) in [6.45, 7) is 10.1. The Kier molecular flexibility index (Phi) is 5.06. The molecule has 0 radical (unpaired) electrons. The highest BCUT2D eigenvalue weighted by Gasteiger charge is 2.51. The molecule has 0 atom stereocenters.